The van der Waals surface area contributed by atoms with Gasteiger partial charge in [0, 0.05) is 24.4 Å². The standard InChI is InChI=1S/C18H23BrN2O3/c1-18(2,3)17-20(4)16(24)14(10-13(22)11-19)21(17)15(23)12-8-6-5-7-9-12/h5-9,14,17H,10-11H2,1-4H3/t14-,17-/m1/s1. The largest absolute Gasteiger partial charge is 0.323 e. The van der Waals surface area contributed by atoms with E-state index in [9.17, 15) is 14.4 Å². The second-order valence-corrected chi connectivity index (χ2v) is 7.72. The molecule has 2 atom stereocenters. The van der Waals surface area contributed by atoms with Crippen LogP contribution in [0, 0.1) is 5.41 Å². The van der Waals surface area contributed by atoms with Crippen LogP contribution in [0.3, 0.4) is 0 Å². The van der Waals surface area contributed by atoms with Crippen molar-refractivity contribution in [3.63, 3.8) is 0 Å². The fourth-order valence-electron chi connectivity index (χ4n) is 3.27. The predicted molar refractivity (Wildman–Crippen MR) is 95.8 cm³/mol. The van der Waals surface area contributed by atoms with Crippen molar-refractivity contribution in [2.75, 3.05) is 12.4 Å². The van der Waals surface area contributed by atoms with Gasteiger partial charge in [-0.3, -0.25) is 14.4 Å². The monoisotopic (exact) mass is 394 g/mol. The van der Waals surface area contributed by atoms with Gasteiger partial charge in [-0.2, -0.15) is 0 Å². The SMILES string of the molecule is CN1C(=O)[C@@H](CC(=O)CBr)N(C(=O)c2ccccc2)[C@@H]1C(C)(C)C. The zero-order chi connectivity index (χ0) is 18.1. The lowest BCUT2D eigenvalue weighted by molar-refractivity contribution is -0.131. The molecule has 130 valence electrons. The number of likely N-dealkylation sites (N-methyl/N-ethyl adjacent to an activating group) is 1. The highest BCUT2D eigenvalue weighted by Gasteiger charge is 2.51. The number of halogens is 1. The Kier molecular flexibility index (Phi) is 5.48. The Bertz CT molecular complexity index is 639. The maximum atomic E-state index is 13.1. The maximum Gasteiger partial charge on any atom is 0.256 e. The molecule has 0 N–H and O–H groups in total. The van der Waals surface area contributed by atoms with E-state index in [0.29, 0.717) is 5.56 Å². The third kappa shape index (κ3) is 3.53. The van der Waals surface area contributed by atoms with E-state index in [-0.39, 0.29) is 34.8 Å². The van der Waals surface area contributed by atoms with Crippen LogP contribution in [0.2, 0.25) is 0 Å². The van der Waals surface area contributed by atoms with E-state index in [1.165, 1.54) is 0 Å². The minimum atomic E-state index is -0.753. The van der Waals surface area contributed by atoms with E-state index >= 15 is 0 Å². The maximum absolute atomic E-state index is 13.1. The number of hydrogen-bond acceptors (Lipinski definition) is 3. The van der Waals surface area contributed by atoms with Crippen LogP contribution in [-0.4, -0.2) is 52.0 Å². The second kappa shape index (κ2) is 7.05. The smallest absolute Gasteiger partial charge is 0.256 e. The molecule has 0 spiro atoms. The van der Waals surface area contributed by atoms with E-state index in [0.717, 1.165) is 0 Å². The van der Waals surface area contributed by atoms with Crippen molar-refractivity contribution in [3.05, 3.63) is 35.9 Å². The minimum Gasteiger partial charge on any atom is -0.323 e. The third-order valence-electron chi connectivity index (χ3n) is 4.20. The number of hydrogen-bond donors (Lipinski definition) is 0. The van der Waals surface area contributed by atoms with Crippen LogP contribution in [0.1, 0.15) is 37.6 Å². The summed E-state index contributed by atoms with van der Waals surface area (Å²) in [7, 11) is 1.70. The Hall–Kier alpha value is -1.69. The van der Waals surface area contributed by atoms with Crippen LogP contribution in [-0.2, 0) is 9.59 Å². The average molecular weight is 395 g/mol. The molecule has 5 nitrogen and oxygen atoms in total. The van der Waals surface area contributed by atoms with Gasteiger partial charge in [-0.05, 0) is 12.1 Å². The first kappa shape index (κ1) is 18.6. The molecule has 1 aromatic rings. The van der Waals surface area contributed by atoms with E-state index in [1.54, 1.807) is 41.1 Å². The highest BCUT2D eigenvalue weighted by molar-refractivity contribution is 9.09. The van der Waals surface area contributed by atoms with Crippen molar-refractivity contribution in [3.8, 4) is 0 Å². The van der Waals surface area contributed by atoms with Gasteiger partial charge in [-0.25, -0.2) is 0 Å². The lowest BCUT2D eigenvalue weighted by atomic mass is 9.90. The molecule has 2 amide bonds. The molecule has 1 heterocycles. The molecule has 1 fully saturated rings. The zero-order valence-electron chi connectivity index (χ0n) is 14.5. The summed E-state index contributed by atoms with van der Waals surface area (Å²) in [6, 6.07) is 8.13. The molecule has 1 saturated heterocycles. The Balaban J connectivity index is 2.47. The predicted octanol–water partition coefficient (Wildman–Crippen LogP) is 2.70. The summed E-state index contributed by atoms with van der Waals surface area (Å²) < 4.78 is 0. The highest BCUT2D eigenvalue weighted by Crippen LogP contribution is 2.36. The summed E-state index contributed by atoms with van der Waals surface area (Å²) in [6.07, 6.45) is -0.370. The molecule has 24 heavy (non-hydrogen) atoms. The van der Waals surface area contributed by atoms with E-state index in [4.69, 9.17) is 0 Å². The molecule has 1 aliphatic rings. The van der Waals surface area contributed by atoms with Crippen LogP contribution < -0.4 is 0 Å². The van der Waals surface area contributed by atoms with Crippen molar-refractivity contribution in [1.29, 1.82) is 0 Å². The summed E-state index contributed by atoms with van der Waals surface area (Å²) in [5.41, 5.74) is 0.187. The average Bonchev–Trinajstić information content (AvgIpc) is 2.79. The Morgan fingerprint density at radius 3 is 2.25 bits per heavy atom. The van der Waals surface area contributed by atoms with Gasteiger partial charge in [0.2, 0.25) is 5.91 Å². The minimum absolute atomic E-state index is 0.0274. The third-order valence-corrected chi connectivity index (χ3v) is 4.82. The lowest BCUT2D eigenvalue weighted by Gasteiger charge is -2.39. The first-order chi connectivity index (χ1) is 11.2. The molecule has 0 unspecified atom stereocenters. The second-order valence-electron chi connectivity index (χ2n) is 7.16. The number of ketones is 1. The van der Waals surface area contributed by atoms with Crippen molar-refractivity contribution in [2.24, 2.45) is 5.41 Å². The van der Waals surface area contributed by atoms with E-state index in [2.05, 4.69) is 15.9 Å². The van der Waals surface area contributed by atoms with Gasteiger partial charge in [0.05, 0.1) is 5.33 Å². The normalized spacial score (nSPS) is 21.3. The van der Waals surface area contributed by atoms with Crippen molar-refractivity contribution in [1.82, 2.24) is 9.80 Å². The van der Waals surface area contributed by atoms with Gasteiger partial charge in [-0.15, -0.1) is 0 Å². The van der Waals surface area contributed by atoms with Gasteiger partial charge in [0.25, 0.3) is 5.91 Å². The molecular weight excluding hydrogens is 372 g/mol. The van der Waals surface area contributed by atoms with E-state index in [1.807, 2.05) is 26.8 Å². The topological polar surface area (TPSA) is 57.7 Å². The fraction of sp³-hybridized carbons (Fsp3) is 0.500. The lowest BCUT2D eigenvalue weighted by Crippen LogP contribution is -2.51. The van der Waals surface area contributed by atoms with Crippen LogP contribution >= 0.6 is 15.9 Å². The molecule has 6 heteroatoms. The Morgan fingerprint density at radius 1 is 1.17 bits per heavy atom. The molecule has 0 radical (unpaired) electrons. The van der Waals surface area contributed by atoms with Crippen molar-refractivity contribution in [2.45, 2.75) is 39.4 Å². The molecule has 0 aliphatic carbocycles. The van der Waals surface area contributed by atoms with Crippen molar-refractivity contribution >= 4 is 33.5 Å². The van der Waals surface area contributed by atoms with Gasteiger partial charge in [0.1, 0.15) is 18.0 Å². The summed E-state index contributed by atoms with van der Waals surface area (Å²) in [5, 5.41) is 0.175. The molecular formula is C18H23BrN2O3. The number of carbonyl (C=O) groups excluding carboxylic acids is 3. The van der Waals surface area contributed by atoms with Gasteiger partial charge in [0.15, 0.2) is 0 Å². The van der Waals surface area contributed by atoms with Crippen molar-refractivity contribution < 1.29 is 14.4 Å². The quantitative estimate of drug-likeness (QED) is 0.737. The number of benzene rings is 1. The molecule has 2 rings (SSSR count). The number of nitrogens with zero attached hydrogens (tertiary/aromatic N) is 2. The number of amides is 2. The molecule has 0 saturated carbocycles. The molecule has 0 aromatic heterocycles. The van der Waals surface area contributed by atoms with Gasteiger partial charge < -0.3 is 9.80 Å². The van der Waals surface area contributed by atoms with E-state index < -0.39 is 12.2 Å². The van der Waals surface area contributed by atoms with Gasteiger partial charge >= 0.3 is 0 Å². The van der Waals surface area contributed by atoms with Crippen LogP contribution in [0.15, 0.2) is 30.3 Å². The molecule has 0 bridgehead atoms. The zero-order valence-corrected chi connectivity index (χ0v) is 16.0. The number of rotatable bonds is 4. The summed E-state index contributed by atoms with van der Waals surface area (Å²) in [4.78, 5) is 40.9. The first-order valence-electron chi connectivity index (χ1n) is 7.90. The Labute approximate surface area is 151 Å². The van der Waals surface area contributed by atoms with Gasteiger partial charge in [-0.1, -0.05) is 54.9 Å². The summed E-state index contributed by atoms with van der Waals surface area (Å²) in [6.45, 7) is 5.96. The Morgan fingerprint density at radius 2 is 1.75 bits per heavy atom. The van der Waals surface area contributed by atoms with Crippen LogP contribution in [0.5, 0.6) is 0 Å². The number of carbonyl (C=O) groups is 3. The molecule has 1 aliphatic heterocycles. The summed E-state index contributed by atoms with van der Waals surface area (Å²) in [5.74, 6) is -0.503. The number of alkyl halides is 1. The van der Waals surface area contributed by atoms with Crippen LogP contribution in [0.4, 0.5) is 0 Å². The number of Topliss-reactive ketones (excluding diaryl/α,β-unsaturated/α-hetero) is 1. The summed E-state index contributed by atoms with van der Waals surface area (Å²) >= 11 is 3.14. The highest BCUT2D eigenvalue weighted by atomic mass is 79.9. The fourth-order valence-corrected chi connectivity index (χ4v) is 3.50. The first-order valence-corrected chi connectivity index (χ1v) is 9.02. The van der Waals surface area contributed by atoms with Crippen LogP contribution in [0.25, 0.3) is 0 Å². The molecule has 1 aromatic carbocycles.